The molecule has 4 nitrogen and oxygen atoms in total. The second-order valence-electron chi connectivity index (χ2n) is 3.95. The fourth-order valence-corrected chi connectivity index (χ4v) is 0.928. The molecule has 0 N–H and O–H groups in total. The molecule has 0 bridgehead atoms. The lowest BCUT2D eigenvalue weighted by molar-refractivity contribution is 0.111. The van der Waals surface area contributed by atoms with E-state index in [-0.39, 0.29) is 5.41 Å². The van der Waals surface area contributed by atoms with Gasteiger partial charge in [-0.2, -0.15) is 0 Å². The van der Waals surface area contributed by atoms with Crippen molar-refractivity contribution in [3.63, 3.8) is 0 Å². The van der Waals surface area contributed by atoms with Crippen molar-refractivity contribution in [3.05, 3.63) is 11.4 Å². The molecule has 0 saturated heterocycles. The van der Waals surface area contributed by atoms with Crippen molar-refractivity contribution in [1.82, 2.24) is 10.3 Å². The van der Waals surface area contributed by atoms with Gasteiger partial charge in [-0.05, 0) is 10.6 Å². The van der Waals surface area contributed by atoms with Crippen molar-refractivity contribution < 1.29 is 9.42 Å². The molecule has 0 aliphatic rings. The van der Waals surface area contributed by atoms with Gasteiger partial charge < -0.3 is 0 Å². The number of carbonyl (C=O) groups is 1. The van der Waals surface area contributed by atoms with Crippen molar-refractivity contribution >= 4 is 6.29 Å². The molecule has 0 aromatic carbocycles. The van der Waals surface area contributed by atoms with Crippen LogP contribution < -0.4 is 0 Å². The highest BCUT2D eigenvalue weighted by molar-refractivity contribution is 5.72. The van der Waals surface area contributed by atoms with Crippen LogP contribution >= 0.6 is 0 Å². The third kappa shape index (κ3) is 2.15. The van der Waals surface area contributed by atoms with E-state index in [9.17, 15) is 4.79 Å². The summed E-state index contributed by atoms with van der Waals surface area (Å²) in [4.78, 5) is 10.4. The summed E-state index contributed by atoms with van der Waals surface area (Å²) in [5.74, 6) is 0. The normalized spacial score (nSPS) is 11.6. The average Bonchev–Trinajstić information content (AvgIpc) is 2.31. The van der Waals surface area contributed by atoms with E-state index in [1.54, 1.807) is 0 Å². The Hall–Kier alpha value is -1.19. The van der Waals surface area contributed by atoms with Crippen LogP contribution in [0.4, 0.5) is 0 Å². The molecule has 1 aromatic heterocycles. The van der Waals surface area contributed by atoms with Crippen molar-refractivity contribution in [2.45, 2.75) is 27.2 Å². The zero-order valence-corrected chi connectivity index (χ0v) is 7.50. The SMILES string of the molecule is CC(C)(C)Cc1nonc1C=O. The molecule has 1 heterocycles. The fourth-order valence-electron chi connectivity index (χ4n) is 0.928. The Balaban J connectivity index is 2.81. The maximum Gasteiger partial charge on any atom is 0.173 e. The van der Waals surface area contributed by atoms with E-state index >= 15 is 0 Å². The summed E-state index contributed by atoms with van der Waals surface area (Å²) in [7, 11) is 0. The van der Waals surface area contributed by atoms with Crippen molar-refractivity contribution in [1.29, 1.82) is 0 Å². The second-order valence-corrected chi connectivity index (χ2v) is 3.95. The molecule has 0 aliphatic carbocycles. The Morgan fingerprint density at radius 2 is 2.08 bits per heavy atom. The largest absolute Gasteiger partial charge is 0.296 e. The van der Waals surface area contributed by atoms with Crippen LogP contribution in [-0.2, 0) is 6.42 Å². The van der Waals surface area contributed by atoms with Gasteiger partial charge in [-0.1, -0.05) is 25.9 Å². The number of hydrogen-bond acceptors (Lipinski definition) is 4. The molecule has 0 atom stereocenters. The van der Waals surface area contributed by atoms with E-state index < -0.39 is 0 Å². The first-order valence-electron chi connectivity index (χ1n) is 3.79. The van der Waals surface area contributed by atoms with E-state index in [1.807, 2.05) is 0 Å². The van der Waals surface area contributed by atoms with Gasteiger partial charge in [-0.15, -0.1) is 0 Å². The van der Waals surface area contributed by atoms with Crippen LogP contribution in [-0.4, -0.2) is 16.6 Å². The molecule has 0 aliphatic heterocycles. The standard InChI is InChI=1S/C8H12N2O2/c1-8(2,3)4-6-7(5-11)10-12-9-6/h5H,4H2,1-3H3. The van der Waals surface area contributed by atoms with Crippen LogP contribution in [0.25, 0.3) is 0 Å². The third-order valence-electron chi connectivity index (χ3n) is 1.40. The van der Waals surface area contributed by atoms with Crippen LogP contribution in [0.2, 0.25) is 0 Å². The second kappa shape index (κ2) is 3.05. The van der Waals surface area contributed by atoms with Gasteiger partial charge in [0.25, 0.3) is 0 Å². The Bertz CT molecular complexity index is 273. The van der Waals surface area contributed by atoms with Crippen molar-refractivity contribution in [2.75, 3.05) is 0 Å². The van der Waals surface area contributed by atoms with E-state index in [2.05, 4.69) is 35.7 Å². The molecule has 4 heteroatoms. The Kier molecular flexibility index (Phi) is 2.26. The molecule has 66 valence electrons. The molecule has 12 heavy (non-hydrogen) atoms. The van der Waals surface area contributed by atoms with Crippen LogP contribution in [0.5, 0.6) is 0 Å². The first kappa shape index (κ1) is 8.90. The van der Waals surface area contributed by atoms with Crippen LogP contribution in [0.15, 0.2) is 4.63 Å². The van der Waals surface area contributed by atoms with Gasteiger partial charge in [0.05, 0.1) is 0 Å². The summed E-state index contributed by atoms with van der Waals surface area (Å²) < 4.78 is 4.45. The number of carbonyl (C=O) groups excluding carboxylic acids is 1. The quantitative estimate of drug-likeness (QED) is 0.627. The van der Waals surface area contributed by atoms with Gasteiger partial charge >= 0.3 is 0 Å². The van der Waals surface area contributed by atoms with Gasteiger partial charge in [0.2, 0.25) is 0 Å². The van der Waals surface area contributed by atoms with Gasteiger partial charge in [0, 0.05) is 6.42 Å². The first-order chi connectivity index (χ1) is 5.53. The van der Waals surface area contributed by atoms with Gasteiger partial charge in [-0.3, -0.25) is 4.79 Å². The molecule has 1 rings (SSSR count). The predicted octanol–water partition coefficient (Wildman–Crippen LogP) is 1.47. The lowest BCUT2D eigenvalue weighted by atomic mass is 9.90. The third-order valence-corrected chi connectivity index (χ3v) is 1.40. The van der Waals surface area contributed by atoms with Crippen LogP contribution in [0, 0.1) is 5.41 Å². The molecule has 0 saturated carbocycles. The minimum atomic E-state index is 0.0936. The van der Waals surface area contributed by atoms with Gasteiger partial charge in [0.1, 0.15) is 5.69 Å². The lowest BCUT2D eigenvalue weighted by Gasteiger charge is -2.15. The Labute approximate surface area is 70.9 Å². The van der Waals surface area contributed by atoms with E-state index in [0.29, 0.717) is 24.1 Å². The maximum absolute atomic E-state index is 10.4. The number of hydrogen-bond donors (Lipinski definition) is 0. The molecule has 0 radical (unpaired) electrons. The summed E-state index contributed by atoms with van der Waals surface area (Å²) in [6.07, 6.45) is 1.36. The zero-order valence-electron chi connectivity index (χ0n) is 7.50. The Morgan fingerprint density at radius 1 is 1.42 bits per heavy atom. The monoisotopic (exact) mass is 168 g/mol. The van der Waals surface area contributed by atoms with Crippen LogP contribution in [0.3, 0.4) is 0 Å². The molecule has 0 fully saturated rings. The molecule has 0 unspecified atom stereocenters. The number of nitrogens with zero attached hydrogens (tertiary/aromatic N) is 2. The number of aldehydes is 1. The summed E-state index contributed by atoms with van der Waals surface area (Å²) in [6, 6.07) is 0. The minimum Gasteiger partial charge on any atom is -0.296 e. The first-order valence-corrected chi connectivity index (χ1v) is 3.79. The highest BCUT2D eigenvalue weighted by atomic mass is 16.6. The summed E-state index contributed by atoms with van der Waals surface area (Å²) in [5.41, 5.74) is 1.04. The summed E-state index contributed by atoms with van der Waals surface area (Å²) in [5, 5.41) is 7.12. The van der Waals surface area contributed by atoms with Gasteiger partial charge in [-0.25, -0.2) is 4.63 Å². The topological polar surface area (TPSA) is 56.0 Å². The molecular formula is C8H12N2O2. The van der Waals surface area contributed by atoms with E-state index in [1.165, 1.54) is 0 Å². The molecule has 0 spiro atoms. The molecular weight excluding hydrogens is 156 g/mol. The smallest absolute Gasteiger partial charge is 0.173 e. The highest BCUT2D eigenvalue weighted by Gasteiger charge is 2.17. The maximum atomic E-state index is 10.4. The van der Waals surface area contributed by atoms with Crippen molar-refractivity contribution in [2.24, 2.45) is 5.41 Å². The van der Waals surface area contributed by atoms with E-state index in [0.717, 1.165) is 0 Å². The fraction of sp³-hybridized carbons (Fsp3) is 0.625. The van der Waals surface area contributed by atoms with Crippen LogP contribution in [0.1, 0.15) is 37.0 Å². The molecule has 0 amide bonds. The lowest BCUT2D eigenvalue weighted by Crippen LogP contribution is -2.10. The Morgan fingerprint density at radius 3 is 2.58 bits per heavy atom. The summed E-state index contributed by atoms with van der Waals surface area (Å²) >= 11 is 0. The predicted molar refractivity (Wildman–Crippen MR) is 42.8 cm³/mol. The van der Waals surface area contributed by atoms with Gasteiger partial charge in [0.15, 0.2) is 12.0 Å². The number of rotatable bonds is 2. The molecule has 1 aromatic rings. The van der Waals surface area contributed by atoms with E-state index in [4.69, 9.17) is 0 Å². The van der Waals surface area contributed by atoms with Crippen molar-refractivity contribution in [3.8, 4) is 0 Å². The highest BCUT2D eigenvalue weighted by Crippen LogP contribution is 2.20. The minimum absolute atomic E-state index is 0.0936. The zero-order chi connectivity index (χ0) is 9.19. The number of aromatic nitrogens is 2. The summed E-state index contributed by atoms with van der Waals surface area (Å²) in [6.45, 7) is 6.20. The average molecular weight is 168 g/mol.